The molecule has 25 heavy (non-hydrogen) atoms. The lowest BCUT2D eigenvalue weighted by Gasteiger charge is -1.98. The Morgan fingerprint density at radius 1 is 0.760 bits per heavy atom. The molecule has 0 saturated heterocycles. The van der Waals surface area contributed by atoms with E-state index in [1.54, 1.807) is 14.0 Å². The molecule has 0 aromatic carbocycles. The van der Waals surface area contributed by atoms with Crippen LogP contribution < -0.4 is 0 Å². The van der Waals surface area contributed by atoms with E-state index in [1.807, 2.05) is 6.92 Å². The molecule has 0 bridgehead atoms. The van der Waals surface area contributed by atoms with Crippen LogP contribution in [0.4, 0.5) is 0 Å². The van der Waals surface area contributed by atoms with Crippen molar-refractivity contribution >= 4 is 17.9 Å². The second-order valence-electron chi connectivity index (χ2n) is 4.05. The molecule has 0 heterocycles. The number of unbranched alkanes of at least 4 members (excludes halogenated alkanes) is 1. The average Bonchev–Trinajstić information content (AvgIpc) is 2.63. The summed E-state index contributed by atoms with van der Waals surface area (Å²) in [6, 6.07) is 0. The summed E-state index contributed by atoms with van der Waals surface area (Å²) >= 11 is 0. The van der Waals surface area contributed by atoms with Crippen LogP contribution in [-0.4, -0.2) is 51.4 Å². The first-order valence-corrected chi connectivity index (χ1v) is 7.79. The first-order valence-electron chi connectivity index (χ1n) is 7.79. The number of carbonyl (C=O) groups is 3. The molecular weight excluding hydrogens is 328 g/mol. The zero-order valence-corrected chi connectivity index (χ0v) is 15.5. The molecule has 0 spiro atoms. The number of hydrogen-bond acceptors (Lipinski definition) is 7. The minimum Gasteiger partial charge on any atom is -0.463 e. The molecule has 0 aliphatic heterocycles. The molecule has 0 N–H and O–H groups in total. The van der Waals surface area contributed by atoms with E-state index in [0.29, 0.717) is 26.4 Å². The van der Waals surface area contributed by atoms with Gasteiger partial charge in [-0.05, 0) is 13.3 Å². The highest BCUT2D eigenvalue weighted by atomic mass is 16.6. The smallest absolute Gasteiger partial charge is 0.330 e. The maximum Gasteiger partial charge on any atom is 0.330 e. The van der Waals surface area contributed by atoms with E-state index in [-0.39, 0.29) is 11.9 Å². The Morgan fingerprint density at radius 3 is 1.52 bits per heavy atom. The SMILES string of the molecule is C=CC(=O)OCC.C=CC(=O)OCCCC.C=CC(=O)OCCOC. The standard InChI is InChI=1S/C7H12O2.C6H10O3.C5H8O2/c1-3-5-6-9-7(8)4-2;1-3-6(7)9-5-4-8-2;1-3-5(6)7-4-2/h4H,2-3,5-6H2,1H3;3H,1,4-5H2,2H3;3H,1,4H2,2H3. The first kappa shape index (κ1) is 27.4. The van der Waals surface area contributed by atoms with Gasteiger partial charge < -0.3 is 18.9 Å². The third kappa shape index (κ3) is 30.1. The van der Waals surface area contributed by atoms with Crippen molar-refractivity contribution in [1.82, 2.24) is 0 Å². The fourth-order valence-corrected chi connectivity index (χ4v) is 0.862. The zero-order valence-electron chi connectivity index (χ0n) is 15.5. The van der Waals surface area contributed by atoms with Gasteiger partial charge in [-0.2, -0.15) is 0 Å². The highest BCUT2D eigenvalue weighted by molar-refractivity contribution is 5.81. The van der Waals surface area contributed by atoms with Crippen LogP contribution in [-0.2, 0) is 33.3 Å². The van der Waals surface area contributed by atoms with Gasteiger partial charge in [0.25, 0.3) is 0 Å². The van der Waals surface area contributed by atoms with E-state index in [0.717, 1.165) is 25.0 Å². The van der Waals surface area contributed by atoms with Crippen LogP contribution in [0.5, 0.6) is 0 Å². The van der Waals surface area contributed by atoms with Crippen molar-refractivity contribution in [3.63, 3.8) is 0 Å². The normalized spacial score (nSPS) is 8.28. The number of rotatable bonds is 10. The zero-order chi connectivity index (χ0) is 19.9. The van der Waals surface area contributed by atoms with Crippen molar-refractivity contribution in [2.24, 2.45) is 0 Å². The number of hydrogen-bond donors (Lipinski definition) is 0. The molecule has 0 aliphatic rings. The van der Waals surface area contributed by atoms with Crippen molar-refractivity contribution in [3.8, 4) is 0 Å². The van der Waals surface area contributed by atoms with Gasteiger partial charge >= 0.3 is 17.9 Å². The molecule has 144 valence electrons. The highest BCUT2D eigenvalue weighted by Crippen LogP contribution is 1.88. The van der Waals surface area contributed by atoms with Crippen molar-refractivity contribution in [2.45, 2.75) is 26.7 Å². The van der Waals surface area contributed by atoms with Crippen molar-refractivity contribution in [3.05, 3.63) is 38.0 Å². The van der Waals surface area contributed by atoms with Crippen LogP contribution in [0.25, 0.3) is 0 Å². The summed E-state index contributed by atoms with van der Waals surface area (Å²) in [5, 5.41) is 0. The Balaban J connectivity index is -0.000000293. The predicted octanol–water partition coefficient (Wildman–Crippen LogP) is 2.61. The van der Waals surface area contributed by atoms with E-state index >= 15 is 0 Å². The summed E-state index contributed by atoms with van der Waals surface area (Å²) in [6.45, 7) is 15.1. The lowest BCUT2D eigenvalue weighted by Crippen LogP contribution is -2.06. The van der Waals surface area contributed by atoms with Crippen molar-refractivity contribution in [1.29, 1.82) is 0 Å². The Labute approximate surface area is 150 Å². The summed E-state index contributed by atoms with van der Waals surface area (Å²) in [5.41, 5.74) is 0. The molecule has 0 radical (unpaired) electrons. The Morgan fingerprint density at radius 2 is 1.20 bits per heavy atom. The Bertz CT molecular complexity index is 363. The number of methoxy groups -OCH3 is 1. The van der Waals surface area contributed by atoms with Gasteiger partial charge in [0, 0.05) is 25.3 Å². The fraction of sp³-hybridized carbons (Fsp3) is 0.500. The van der Waals surface area contributed by atoms with Gasteiger partial charge in [-0.1, -0.05) is 33.1 Å². The van der Waals surface area contributed by atoms with Crippen LogP contribution >= 0.6 is 0 Å². The summed E-state index contributed by atoms with van der Waals surface area (Å²) in [5.74, 6) is -1.10. The number of carbonyl (C=O) groups excluding carboxylic acids is 3. The van der Waals surface area contributed by atoms with Gasteiger partial charge in [-0.15, -0.1) is 0 Å². The third-order valence-electron chi connectivity index (χ3n) is 2.06. The second-order valence-corrected chi connectivity index (χ2v) is 4.05. The van der Waals surface area contributed by atoms with Crippen LogP contribution in [0.2, 0.25) is 0 Å². The summed E-state index contributed by atoms with van der Waals surface area (Å²) in [4.78, 5) is 30.7. The summed E-state index contributed by atoms with van der Waals surface area (Å²) in [7, 11) is 1.54. The predicted molar refractivity (Wildman–Crippen MR) is 95.9 cm³/mol. The minimum atomic E-state index is -0.410. The molecule has 7 heteroatoms. The van der Waals surface area contributed by atoms with E-state index in [2.05, 4.69) is 38.7 Å². The Kier molecular flexibility index (Phi) is 26.2. The van der Waals surface area contributed by atoms with Crippen LogP contribution in [0, 0.1) is 0 Å². The molecule has 0 amide bonds. The number of esters is 3. The molecule has 0 rings (SSSR count). The van der Waals surface area contributed by atoms with E-state index in [9.17, 15) is 14.4 Å². The van der Waals surface area contributed by atoms with Crippen LogP contribution in [0.1, 0.15) is 26.7 Å². The van der Waals surface area contributed by atoms with E-state index in [1.165, 1.54) is 6.08 Å². The Hall–Kier alpha value is -2.41. The molecule has 0 fully saturated rings. The maximum absolute atomic E-state index is 10.3. The molecule has 0 aromatic heterocycles. The molecule has 0 unspecified atom stereocenters. The van der Waals surface area contributed by atoms with Gasteiger partial charge in [-0.3, -0.25) is 0 Å². The molecule has 0 aromatic rings. The largest absolute Gasteiger partial charge is 0.463 e. The number of ether oxygens (including phenoxy) is 4. The van der Waals surface area contributed by atoms with Gasteiger partial charge in [0.05, 0.1) is 19.8 Å². The summed E-state index contributed by atoms with van der Waals surface area (Å²) in [6.07, 6.45) is 5.42. The third-order valence-corrected chi connectivity index (χ3v) is 2.06. The lowest BCUT2D eigenvalue weighted by molar-refractivity contribution is -0.139. The van der Waals surface area contributed by atoms with Gasteiger partial charge in [-0.25, -0.2) is 14.4 Å². The molecule has 0 saturated carbocycles. The summed E-state index contributed by atoms with van der Waals surface area (Å²) < 4.78 is 18.3. The van der Waals surface area contributed by atoms with Crippen LogP contribution in [0.15, 0.2) is 38.0 Å². The fourth-order valence-electron chi connectivity index (χ4n) is 0.862. The van der Waals surface area contributed by atoms with E-state index < -0.39 is 5.97 Å². The molecular formula is C18H30O7. The lowest BCUT2D eigenvalue weighted by atomic mass is 10.4. The van der Waals surface area contributed by atoms with Crippen LogP contribution in [0.3, 0.4) is 0 Å². The van der Waals surface area contributed by atoms with Gasteiger partial charge in [0.15, 0.2) is 0 Å². The first-order chi connectivity index (χ1) is 11.9. The topological polar surface area (TPSA) is 88.1 Å². The highest BCUT2D eigenvalue weighted by Gasteiger charge is 1.92. The second kappa shape index (κ2) is 23.9. The average molecular weight is 358 g/mol. The van der Waals surface area contributed by atoms with Gasteiger partial charge in [0.1, 0.15) is 6.61 Å². The maximum atomic E-state index is 10.3. The monoisotopic (exact) mass is 358 g/mol. The van der Waals surface area contributed by atoms with E-state index in [4.69, 9.17) is 0 Å². The van der Waals surface area contributed by atoms with Crippen molar-refractivity contribution in [2.75, 3.05) is 33.5 Å². The molecule has 0 atom stereocenters. The molecule has 7 nitrogen and oxygen atoms in total. The minimum absolute atomic E-state index is 0.293. The van der Waals surface area contributed by atoms with Gasteiger partial charge in [0.2, 0.25) is 0 Å². The quantitative estimate of drug-likeness (QED) is 0.257. The molecule has 0 aliphatic carbocycles. The van der Waals surface area contributed by atoms with Crippen molar-refractivity contribution < 1.29 is 33.3 Å².